The van der Waals surface area contributed by atoms with Gasteiger partial charge in [0.05, 0.1) is 6.61 Å². The molecule has 11 heavy (non-hydrogen) atoms. The smallest absolute Gasteiger partial charge is 0.255 e. The van der Waals surface area contributed by atoms with Gasteiger partial charge in [-0.25, -0.2) is 0 Å². The van der Waals surface area contributed by atoms with Crippen LogP contribution in [-0.4, -0.2) is 16.9 Å². The number of aliphatic hydroxyl groups is 1. The van der Waals surface area contributed by atoms with Gasteiger partial charge in [-0.2, -0.15) is 0 Å². The van der Waals surface area contributed by atoms with E-state index in [1.54, 1.807) is 24.3 Å². The highest BCUT2D eigenvalue weighted by Crippen LogP contribution is 2.10. The van der Waals surface area contributed by atoms with E-state index >= 15 is 0 Å². The quantitative estimate of drug-likeness (QED) is 0.647. The number of aliphatic hydroxyl groups excluding tert-OH is 1. The Bertz CT molecular complexity index is 253. The molecule has 3 heteroatoms. The number of rotatable bonds is 2. The molecule has 1 rings (SSSR count). The fourth-order valence-electron chi connectivity index (χ4n) is 0.811. The third-order valence-electron chi connectivity index (χ3n) is 1.48. The molecule has 0 radical (unpaired) electrons. The van der Waals surface area contributed by atoms with Crippen molar-refractivity contribution < 1.29 is 9.87 Å². The minimum absolute atomic E-state index is 0.0167. The van der Waals surface area contributed by atoms with Crippen LogP contribution in [0.15, 0.2) is 24.3 Å². The summed E-state index contributed by atoms with van der Waals surface area (Å²) in [5, 5.41) is 8.68. The van der Waals surface area contributed by atoms with Crippen LogP contribution in [0.1, 0.15) is 5.56 Å². The molecule has 0 unspecified atom stereocenters. The van der Waals surface area contributed by atoms with E-state index in [0.29, 0.717) is 5.69 Å². The average molecular weight is 152 g/mol. The molecule has 3 nitrogen and oxygen atoms in total. The summed E-state index contributed by atoms with van der Waals surface area (Å²) in [6.45, 7) is 0.0167. The largest absolute Gasteiger partial charge is 0.392 e. The zero-order valence-electron chi connectivity index (χ0n) is 6.32. The van der Waals surface area contributed by atoms with Gasteiger partial charge in [0.2, 0.25) is 0 Å². The SMILES string of the molecule is C[N+](=O)c1ccc(CO)cc1. The third-order valence-corrected chi connectivity index (χ3v) is 1.48. The molecule has 0 fully saturated rings. The van der Waals surface area contributed by atoms with E-state index in [9.17, 15) is 4.91 Å². The second-order valence-electron chi connectivity index (χ2n) is 2.32. The van der Waals surface area contributed by atoms with Crippen LogP contribution in [0.25, 0.3) is 0 Å². The lowest BCUT2D eigenvalue weighted by Gasteiger charge is -1.92. The third kappa shape index (κ3) is 1.85. The summed E-state index contributed by atoms with van der Waals surface area (Å²) in [6.07, 6.45) is 0. The Labute approximate surface area is 64.9 Å². The van der Waals surface area contributed by atoms with E-state index in [4.69, 9.17) is 5.11 Å². The molecule has 1 aromatic carbocycles. The molecule has 0 aliphatic heterocycles. The van der Waals surface area contributed by atoms with Gasteiger partial charge in [-0.05, 0) is 17.7 Å². The van der Waals surface area contributed by atoms with Gasteiger partial charge in [0.1, 0.15) is 0 Å². The van der Waals surface area contributed by atoms with E-state index < -0.39 is 0 Å². The van der Waals surface area contributed by atoms with Crippen LogP contribution in [0.5, 0.6) is 0 Å². The van der Waals surface area contributed by atoms with Crippen LogP contribution in [0.2, 0.25) is 0 Å². The Kier molecular flexibility index (Phi) is 2.33. The standard InChI is InChI=1S/C8H10NO2/c1-9(11)8-4-2-7(6-10)3-5-8/h2-5,10H,6H2,1H3/q+1. The van der Waals surface area contributed by atoms with Crippen molar-refractivity contribution in [2.75, 3.05) is 7.05 Å². The molecule has 0 amide bonds. The minimum atomic E-state index is 0.0167. The highest BCUT2D eigenvalue weighted by atomic mass is 16.3. The Morgan fingerprint density at radius 1 is 1.36 bits per heavy atom. The summed E-state index contributed by atoms with van der Waals surface area (Å²) < 4.78 is 0.779. The first-order valence-corrected chi connectivity index (χ1v) is 3.34. The lowest BCUT2D eigenvalue weighted by molar-refractivity contribution is -0.428. The van der Waals surface area contributed by atoms with Gasteiger partial charge in [0, 0.05) is 21.8 Å². The van der Waals surface area contributed by atoms with E-state index in [1.165, 1.54) is 7.05 Å². The number of nitrogens with zero attached hydrogens (tertiary/aromatic N) is 1. The second kappa shape index (κ2) is 3.25. The van der Waals surface area contributed by atoms with Crippen LogP contribution < -0.4 is 0 Å². The first-order valence-electron chi connectivity index (χ1n) is 3.34. The van der Waals surface area contributed by atoms with Crippen LogP contribution in [0.4, 0.5) is 5.69 Å². The molecule has 58 valence electrons. The van der Waals surface area contributed by atoms with Gasteiger partial charge in [-0.15, -0.1) is 0 Å². The molecule has 0 spiro atoms. The van der Waals surface area contributed by atoms with Gasteiger partial charge in [0.25, 0.3) is 5.69 Å². The number of hydrogen-bond donors (Lipinski definition) is 1. The van der Waals surface area contributed by atoms with Crippen molar-refractivity contribution in [1.29, 1.82) is 0 Å². The lowest BCUT2D eigenvalue weighted by Crippen LogP contribution is -1.90. The Morgan fingerprint density at radius 2 is 1.91 bits per heavy atom. The zero-order valence-corrected chi connectivity index (χ0v) is 6.32. The van der Waals surface area contributed by atoms with E-state index in [2.05, 4.69) is 0 Å². The molecule has 1 N–H and O–H groups in total. The Morgan fingerprint density at radius 3 is 2.27 bits per heavy atom. The lowest BCUT2D eigenvalue weighted by atomic mass is 10.2. The predicted octanol–water partition coefficient (Wildman–Crippen LogP) is 1.22. The molecule has 0 heterocycles. The molecular formula is C8H10NO2+. The highest BCUT2D eigenvalue weighted by Gasteiger charge is 2.03. The van der Waals surface area contributed by atoms with E-state index in [-0.39, 0.29) is 6.61 Å². The maximum atomic E-state index is 10.7. The van der Waals surface area contributed by atoms with Crippen molar-refractivity contribution in [3.63, 3.8) is 0 Å². The highest BCUT2D eigenvalue weighted by molar-refractivity contribution is 5.32. The van der Waals surface area contributed by atoms with Crippen molar-refractivity contribution in [3.8, 4) is 0 Å². The van der Waals surface area contributed by atoms with Gasteiger partial charge in [0.15, 0.2) is 7.05 Å². The number of nitroso groups, excluding NO2 is 1. The van der Waals surface area contributed by atoms with Gasteiger partial charge >= 0.3 is 0 Å². The maximum Gasteiger partial charge on any atom is 0.255 e. The monoisotopic (exact) mass is 152 g/mol. The first kappa shape index (κ1) is 7.88. The molecule has 0 bridgehead atoms. The van der Waals surface area contributed by atoms with Crippen molar-refractivity contribution >= 4 is 5.69 Å². The topological polar surface area (TPSA) is 40.3 Å². The average Bonchev–Trinajstić information content (AvgIpc) is 2.05. The fourth-order valence-corrected chi connectivity index (χ4v) is 0.811. The van der Waals surface area contributed by atoms with Crippen molar-refractivity contribution in [1.82, 2.24) is 0 Å². The second-order valence-corrected chi connectivity index (χ2v) is 2.32. The van der Waals surface area contributed by atoms with Crippen molar-refractivity contribution in [2.45, 2.75) is 6.61 Å². The van der Waals surface area contributed by atoms with Gasteiger partial charge < -0.3 is 5.11 Å². The van der Waals surface area contributed by atoms with E-state index in [1.807, 2.05) is 0 Å². The molecular weight excluding hydrogens is 142 g/mol. The summed E-state index contributed by atoms with van der Waals surface area (Å²) in [4.78, 5) is 10.7. The van der Waals surface area contributed by atoms with Crippen LogP contribution in [0, 0.1) is 4.91 Å². The van der Waals surface area contributed by atoms with Crippen LogP contribution in [-0.2, 0) is 6.61 Å². The maximum absolute atomic E-state index is 10.7. The van der Waals surface area contributed by atoms with Crippen LogP contribution >= 0.6 is 0 Å². The van der Waals surface area contributed by atoms with Crippen molar-refractivity contribution in [3.05, 3.63) is 34.7 Å². The van der Waals surface area contributed by atoms with Gasteiger partial charge in [-0.1, -0.05) is 0 Å². The molecule has 0 aliphatic rings. The number of hydrogen-bond acceptors (Lipinski definition) is 2. The normalized spacial score (nSPS) is 9.64. The minimum Gasteiger partial charge on any atom is -0.392 e. The summed E-state index contributed by atoms with van der Waals surface area (Å²) >= 11 is 0. The van der Waals surface area contributed by atoms with Gasteiger partial charge in [-0.3, -0.25) is 0 Å². The fraction of sp³-hybridized carbons (Fsp3) is 0.250. The zero-order chi connectivity index (χ0) is 8.27. The number of benzene rings is 1. The molecule has 0 aromatic heterocycles. The summed E-state index contributed by atoms with van der Waals surface area (Å²) in [5.74, 6) is 0. The summed E-state index contributed by atoms with van der Waals surface area (Å²) in [6, 6.07) is 6.81. The Balaban J connectivity index is 2.91. The Hall–Kier alpha value is -1.22. The van der Waals surface area contributed by atoms with Crippen LogP contribution in [0.3, 0.4) is 0 Å². The van der Waals surface area contributed by atoms with E-state index in [0.717, 1.165) is 10.3 Å². The predicted molar refractivity (Wildman–Crippen MR) is 41.6 cm³/mol. The molecule has 0 aliphatic carbocycles. The molecule has 0 saturated heterocycles. The molecule has 0 saturated carbocycles. The van der Waals surface area contributed by atoms with Crippen molar-refractivity contribution in [2.24, 2.45) is 0 Å². The molecule has 0 atom stereocenters. The molecule has 1 aromatic rings. The summed E-state index contributed by atoms with van der Waals surface area (Å²) in [7, 11) is 1.44. The summed E-state index contributed by atoms with van der Waals surface area (Å²) in [5.41, 5.74) is 1.41. The first-order chi connectivity index (χ1) is 5.24.